The van der Waals surface area contributed by atoms with Crippen molar-refractivity contribution < 1.29 is 18.7 Å². The number of ketones is 1. The Morgan fingerprint density at radius 2 is 2.14 bits per heavy atom. The lowest BCUT2D eigenvalue weighted by Gasteiger charge is -1.98. The summed E-state index contributed by atoms with van der Waals surface area (Å²) in [6, 6.07) is 1.71. The van der Waals surface area contributed by atoms with Gasteiger partial charge in [0.15, 0.2) is 11.5 Å². The third kappa shape index (κ3) is 2.45. The van der Waals surface area contributed by atoms with Crippen molar-refractivity contribution in [3.05, 3.63) is 23.7 Å². The fourth-order valence-electron chi connectivity index (χ4n) is 1.09. The zero-order valence-electron chi connectivity index (χ0n) is 8.20. The monoisotopic (exact) mass is 196 g/mol. The Balaban J connectivity index is 2.52. The van der Waals surface area contributed by atoms with Crippen molar-refractivity contribution in [1.82, 2.24) is 0 Å². The van der Waals surface area contributed by atoms with Gasteiger partial charge in [0, 0.05) is 6.42 Å². The molecule has 0 aliphatic heterocycles. The van der Waals surface area contributed by atoms with Crippen molar-refractivity contribution >= 4 is 11.8 Å². The Morgan fingerprint density at radius 3 is 2.64 bits per heavy atom. The fourth-order valence-corrected chi connectivity index (χ4v) is 1.09. The van der Waals surface area contributed by atoms with Crippen LogP contribution >= 0.6 is 0 Å². The van der Waals surface area contributed by atoms with Crippen molar-refractivity contribution in [2.45, 2.75) is 19.8 Å². The maximum Gasteiger partial charge on any atom is 0.305 e. The van der Waals surface area contributed by atoms with Gasteiger partial charge in [0.1, 0.15) is 0 Å². The van der Waals surface area contributed by atoms with Crippen molar-refractivity contribution in [2.75, 3.05) is 7.11 Å². The van der Waals surface area contributed by atoms with E-state index in [1.807, 2.05) is 0 Å². The van der Waals surface area contributed by atoms with Crippen molar-refractivity contribution in [3.63, 3.8) is 0 Å². The van der Waals surface area contributed by atoms with Gasteiger partial charge in [-0.2, -0.15) is 0 Å². The van der Waals surface area contributed by atoms with Crippen molar-refractivity contribution in [3.8, 4) is 0 Å². The molecule has 0 N–H and O–H groups in total. The maximum atomic E-state index is 11.4. The summed E-state index contributed by atoms with van der Waals surface area (Å²) in [6.45, 7) is 1.79. The van der Waals surface area contributed by atoms with E-state index in [1.165, 1.54) is 13.4 Å². The summed E-state index contributed by atoms with van der Waals surface area (Å²) in [5, 5.41) is 0. The van der Waals surface area contributed by atoms with Gasteiger partial charge in [0.05, 0.1) is 19.8 Å². The molecule has 14 heavy (non-hydrogen) atoms. The zero-order valence-corrected chi connectivity index (χ0v) is 8.20. The van der Waals surface area contributed by atoms with Gasteiger partial charge in [-0.15, -0.1) is 0 Å². The Morgan fingerprint density at radius 1 is 1.43 bits per heavy atom. The molecule has 0 fully saturated rings. The highest BCUT2D eigenvalue weighted by Gasteiger charge is 2.14. The number of furan rings is 1. The molecule has 0 atom stereocenters. The number of hydrogen-bond acceptors (Lipinski definition) is 4. The van der Waals surface area contributed by atoms with Gasteiger partial charge in [-0.25, -0.2) is 0 Å². The lowest BCUT2D eigenvalue weighted by Crippen LogP contribution is -2.06. The number of rotatable bonds is 4. The molecule has 1 heterocycles. The number of Topliss-reactive ketones (excluding diaryl/α,β-unsaturated/α-hetero) is 1. The van der Waals surface area contributed by atoms with Crippen LogP contribution in [0.5, 0.6) is 0 Å². The maximum absolute atomic E-state index is 11.4. The van der Waals surface area contributed by atoms with Gasteiger partial charge in [-0.3, -0.25) is 9.59 Å². The predicted molar refractivity (Wildman–Crippen MR) is 49.0 cm³/mol. The predicted octanol–water partition coefficient (Wildman–Crippen LogP) is 1.72. The molecule has 0 amide bonds. The molecule has 0 saturated carbocycles. The van der Waals surface area contributed by atoms with Crippen LogP contribution in [0.15, 0.2) is 16.7 Å². The lowest BCUT2D eigenvalue weighted by molar-refractivity contribution is -0.140. The van der Waals surface area contributed by atoms with E-state index in [-0.39, 0.29) is 24.6 Å². The molecule has 1 aromatic heterocycles. The van der Waals surface area contributed by atoms with E-state index in [4.69, 9.17) is 4.42 Å². The number of carbonyl (C=O) groups excluding carboxylic acids is 2. The van der Waals surface area contributed by atoms with Gasteiger partial charge in [-0.1, -0.05) is 0 Å². The normalized spacial score (nSPS) is 9.86. The summed E-state index contributed by atoms with van der Waals surface area (Å²) in [4.78, 5) is 22.2. The molecule has 0 aliphatic carbocycles. The quantitative estimate of drug-likeness (QED) is 0.543. The smallest absolute Gasteiger partial charge is 0.305 e. The molecule has 0 aromatic carbocycles. The van der Waals surface area contributed by atoms with Gasteiger partial charge < -0.3 is 9.15 Å². The van der Waals surface area contributed by atoms with Crippen LogP contribution < -0.4 is 0 Å². The molecule has 0 saturated heterocycles. The molecule has 0 radical (unpaired) electrons. The third-order valence-electron chi connectivity index (χ3n) is 1.90. The van der Waals surface area contributed by atoms with Gasteiger partial charge in [0.25, 0.3) is 0 Å². The van der Waals surface area contributed by atoms with E-state index in [2.05, 4.69) is 4.74 Å². The average molecular weight is 196 g/mol. The first-order chi connectivity index (χ1) is 6.65. The van der Waals surface area contributed by atoms with Crippen molar-refractivity contribution in [2.24, 2.45) is 0 Å². The molecule has 0 aliphatic rings. The molecule has 0 bridgehead atoms. The van der Waals surface area contributed by atoms with E-state index in [9.17, 15) is 9.59 Å². The van der Waals surface area contributed by atoms with E-state index in [1.54, 1.807) is 13.0 Å². The molecule has 0 spiro atoms. The number of hydrogen-bond donors (Lipinski definition) is 0. The Kier molecular flexibility index (Phi) is 3.45. The molecular formula is C10H12O4. The first-order valence-electron chi connectivity index (χ1n) is 4.29. The van der Waals surface area contributed by atoms with E-state index in [0.717, 1.165) is 5.56 Å². The number of methoxy groups -OCH3 is 1. The summed E-state index contributed by atoms with van der Waals surface area (Å²) in [5.41, 5.74) is 0.792. The molecular weight excluding hydrogens is 184 g/mol. The Labute approximate surface area is 81.9 Å². The zero-order chi connectivity index (χ0) is 10.6. The van der Waals surface area contributed by atoms with Gasteiger partial charge in [0.2, 0.25) is 0 Å². The van der Waals surface area contributed by atoms with Gasteiger partial charge >= 0.3 is 5.97 Å². The minimum absolute atomic E-state index is 0.0927. The standard InChI is InChI=1S/C10H12O4/c1-7-5-6-14-10(7)8(11)3-4-9(12)13-2/h5-6H,3-4H2,1-2H3. The number of esters is 1. The second kappa shape index (κ2) is 4.60. The van der Waals surface area contributed by atoms with Crippen molar-refractivity contribution in [1.29, 1.82) is 0 Å². The van der Waals surface area contributed by atoms with Crippen LogP contribution in [0.3, 0.4) is 0 Å². The van der Waals surface area contributed by atoms with Crippen LogP contribution in [-0.4, -0.2) is 18.9 Å². The second-order valence-electron chi connectivity index (χ2n) is 2.93. The molecule has 0 unspecified atom stereocenters. The number of carbonyl (C=O) groups is 2. The number of ether oxygens (including phenoxy) is 1. The first-order valence-corrected chi connectivity index (χ1v) is 4.29. The van der Waals surface area contributed by atoms with Gasteiger partial charge in [-0.05, 0) is 18.6 Å². The Hall–Kier alpha value is -1.58. The molecule has 4 nitrogen and oxygen atoms in total. The van der Waals surface area contributed by atoms with E-state index in [0.29, 0.717) is 5.76 Å². The molecule has 4 heteroatoms. The topological polar surface area (TPSA) is 56.5 Å². The van der Waals surface area contributed by atoms with Crippen LogP contribution in [-0.2, 0) is 9.53 Å². The van der Waals surface area contributed by atoms with E-state index >= 15 is 0 Å². The highest BCUT2D eigenvalue weighted by Crippen LogP contribution is 2.12. The third-order valence-corrected chi connectivity index (χ3v) is 1.90. The summed E-state index contributed by atoms with van der Waals surface area (Å²) < 4.78 is 9.42. The van der Waals surface area contributed by atoms with Crippen LogP contribution in [0.25, 0.3) is 0 Å². The minimum Gasteiger partial charge on any atom is -0.469 e. The first kappa shape index (κ1) is 10.5. The summed E-state index contributed by atoms with van der Waals surface area (Å²) >= 11 is 0. The summed E-state index contributed by atoms with van der Waals surface area (Å²) in [7, 11) is 1.30. The SMILES string of the molecule is COC(=O)CCC(=O)c1occc1C. The highest BCUT2D eigenvalue weighted by molar-refractivity contribution is 5.96. The van der Waals surface area contributed by atoms with Crippen LogP contribution in [0.1, 0.15) is 29.0 Å². The largest absolute Gasteiger partial charge is 0.469 e. The highest BCUT2D eigenvalue weighted by atomic mass is 16.5. The van der Waals surface area contributed by atoms with Crippen LogP contribution in [0, 0.1) is 6.92 Å². The lowest BCUT2D eigenvalue weighted by atomic mass is 10.1. The minimum atomic E-state index is -0.387. The Bertz CT molecular complexity index is 338. The van der Waals surface area contributed by atoms with E-state index < -0.39 is 0 Å². The second-order valence-corrected chi connectivity index (χ2v) is 2.93. The average Bonchev–Trinajstić information content (AvgIpc) is 2.60. The molecule has 1 rings (SSSR count). The number of aryl methyl sites for hydroxylation is 1. The summed E-state index contributed by atoms with van der Waals surface area (Å²) in [6.07, 6.45) is 1.68. The molecule has 76 valence electrons. The van der Waals surface area contributed by atoms with Crippen LogP contribution in [0.2, 0.25) is 0 Å². The summed E-state index contributed by atoms with van der Waals surface area (Å²) in [5.74, 6) is -0.227. The van der Waals surface area contributed by atoms with Crippen LogP contribution in [0.4, 0.5) is 0 Å². The molecule has 1 aromatic rings. The fraction of sp³-hybridized carbons (Fsp3) is 0.400.